The molecule has 0 fully saturated rings. The van der Waals surface area contributed by atoms with Crippen LogP contribution in [0.4, 0.5) is 10.1 Å². The van der Waals surface area contributed by atoms with Gasteiger partial charge < -0.3 is 10.2 Å². The molecule has 14 heavy (non-hydrogen) atoms. The van der Waals surface area contributed by atoms with Gasteiger partial charge in [0.05, 0.1) is 4.92 Å². The first-order valence-electron chi connectivity index (χ1n) is 3.77. The predicted octanol–water partition coefficient (Wildman–Crippen LogP) is 1.30. The summed E-state index contributed by atoms with van der Waals surface area (Å²) in [6, 6.07) is 3.19. The SMILES string of the molecule is O=[N+]([O-])c1ccc(C(O)CF)cc1O. The van der Waals surface area contributed by atoms with E-state index in [1.54, 1.807) is 0 Å². The van der Waals surface area contributed by atoms with E-state index in [0.717, 1.165) is 12.1 Å². The Morgan fingerprint density at radius 1 is 1.57 bits per heavy atom. The van der Waals surface area contributed by atoms with E-state index in [1.165, 1.54) is 6.07 Å². The molecule has 5 nitrogen and oxygen atoms in total. The molecule has 0 spiro atoms. The molecule has 0 saturated heterocycles. The molecule has 0 aliphatic heterocycles. The highest BCUT2D eigenvalue weighted by molar-refractivity contribution is 5.47. The Bertz CT molecular complexity index is 355. The maximum absolute atomic E-state index is 12.0. The zero-order valence-electron chi connectivity index (χ0n) is 7.05. The van der Waals surface area contributed by atoms with Crippen LogP contribution >= 0.6 is 0 Å². The number of nitro benzene ring substituents is 1. The molecule has 0 radical (unpaired) electrons. The smallest absolute Gasteiger partial charge is 0.310 e. The number of hydrogen-bond acceptors (Lipinski definition) is 4. The normalized spacial score (nSPS) is 12.4. The summed E-state index contributed by atoms with van der Waals surface area (Å²) >= 11 is 0. The summed E-state index contributed by atoms with van der Waals surface area (Å²) in [6.07, 6.45) is -1.36. The minimum absolute atomic E-state index is 0.107. The summed E-state index contributed by atoms with van der Waals surface area (Å²) in [5.74, 6) is -0.583. The van der Waals surface area contributed by atoms with Crippen molar-refractivity contribution in [3.05, 3.63) is 33.9 Å². The van der Waals surface area contributed by atoms with Gasteiger partial charge in [0.1, 0.15) is 12.8 Å². The van der Waals surface area contributed by atoms with Crippen LogP contribution in [0.25, 0.3) is 0 Å². The number of aromatic hydroxyl groups is 1. The minimum atomic E-state index is -1.36. The van der Waals surface area contributed by atoms with Crippen LogP contribution in [0.15, 0.2) is 18.2 Å². The Morgan fingerprint density at radius 3 is 2.64 bits per heavy atom. The summed E-state index contributed by atoms with van der Waals surface area (Å²) < 4.78 is 12.0. The highest BCUT2D eigenvalue weighted by Gasteiger charge is 2.15. The van der Waals surface area contributed by atoms with Gasteiger partial charge in [-0.1, -0.05) is 0 Å². The molecule has 1 aromatic rings. The lowest BCUT2D eigenvalue weighted by Crippen LogP contribution is -1.99. The first kappa shape index (κ1) is 10.4. The van der Waals surface area contributed by atoms with Crippen LogP contribution in [0.3, 0.4) is 0 Å². The summed E-state index contributed by atoms with van der Waals surface area (Å²) in [7, 11) is 0. The Kier molecular flexibility index (Phi) is 2.98. The summed E-state index contributed by atoms with van der Waals surface area (Å²) in [6.45, 7) is -1.00. The van der Waals surface area contributed by atoms with Gasteiger partial charge in [-0.25, -0.2) is 4.39 Å². The Morgan fingerprint density at radius 2 is 2.21 bits per heavy atom. The number of aliphatic hydroxyl groups excluding tert-OH is 1. The lowest BCUT2D eigenvalue weighted by Gasteiger charge is -2.06. The largest absolute Gasteiger partial charge is 0.502 e. The van der Waals surface area contributed by atoms with E-state index in [1.807, 2.05) is 0 Å². The van der Waals surface area contributed by atoms with Gasteiger partial charge in [-0.2, -0.15) is 0 Å². The van der Waals surface area contributed by atoms with Crippen molar-refractivity contribution in [3.63, 3.8) is 0 Å². The zero-order chi connectivity index (χ0) is 10.7. The fourth-order valence-electron chi connectivity index (χ4n) is 0.991. The van der Waals surface area contributed by atoms with E-state index in [9.17, 15) is 14.5 Å². The molecular formula is C8H8FNO4. The lowest BCUT2D eigenvalue weighted by atomic mass is 10.1. The van der Waals surface area contributed by atoms with E-state index in [2.05, 4.69) is 0 Å². The minimum Gasteiger partial charge on any atom is -0.502 e. The van der Waals surface area contributed by atoms with Crippen molar-refractivity contribution in [3.8, 4) is 5.75 Å². The van der Waals surface area contributed by atoms with Crippen molar-refractivity contribution >= 4 is 5.69 Å². The van der Waals surface area contributed by atoms with Gasteiger partial charge in [0.2, 0.25) is 0 Å². The first-order valence-corrected chi connectivity index (χ1v) is 3.77. The quantitative estimate of drug-likeness (QED) is 0.570. The van der Waals surface area contributed by atoms with E-state index in [0.29, 0.717) is 0 Å². The van der Waals surface area contributed by atoms with Crippen molar-refractivity contribution in [2.75, 3.05) is 6.67 Å². The van der Waals surface area contributed by atoms with Crippen LogP contribution in [0.2, 0.25) is 0 Å². The number of phenolic OH excluding ortho intramolecular Hbond substituents is 1. The predicted molar refractivity (Wildman–Crippen MR) is 45.7 cm³/mol. The number of hydrogen-bond donors (Lipinski definition) is 2. The van der Waals surface area contributed by atoms with Gasteiger partial charge >= 0.3 is 5.69 Å². The van der Waals surface area contributed by atoms with Crippen LogP contribution in [0.5, 0.6) is 5.75 Å². The van der Waals surface area contributed by atoms with Crippen molar-refractivity contribution in [2.24, 2.45) is 0 Å². The monoisotopic (exact) mass is 201 g/mol. The molecule has 0 saturated carbocycles. The number of rotatable bonds is 3. The topological polar surface area (TPSA) is 83.6 Å². The average Bonchev–Trinajstić information content (AvgIpc) is 2.15. The zero-order valence-corrected chi connectivity index (χ0v) is 7.05. The van der Waals surface area contributed by atoms with Crippen molar-refractivity contribution < 1.29 is 19.5 Å². The fraction of sp³-hybridized carbons (Fsp3) is 0.250. The molecule has 1 atom stereocenters. The van der Waals surface area contributed by atoms with Gasteiger partial charge in [-0.05, 0) is 17.7 Å². The van der Waals surface area contributed by atoms with Gasteiger partial charge in [0.25, 0.3) is 0 Å². The van der Waals surface area contributed by atoms with Crippen molar-refractivity contribution in [1.82, 2.24) is 0 Å². The van der Waals surface area contributed by atoms with Crippen molar-refractivity contribution in [1.29, 1.82) is 0 Å². The third kappa shape index (κ3) is 1.97. The second-order valence-electron chi connectivity index (χ2n) is 2.68. The molecule has 0 aliphatic rings. The molecule has 6 heteroatoms. The van der Waals surface area contributed by atoms with E-state index < -0.39 is 29.1 Å². The Balaban J connectivity index is 3.06. The Hall–Kier alpha value is -1.69. The van der Waals surface area contributed by atoms with Gasteiger partial charge in [-0.15, -0.1) is 0 Å². The fourth-order valence-corrected chi connectivity index (χ4v) is 0.991. The number of benzene rings is 1. The summed E-state index contributed by atoms with van der Waals surface area (Å²) in [4.78, 5) is 9.52. The maximum atomic E-state index is 12.0. The highest BCUT2D eigenvalue weighted by atomic mass is 19.1. The van der Waals surface area contributed by atoms with Crippen LogP contribution < -0.4 is 0 Å². The average molecular weight is 201 g/mol. The third-order valence-corrected chi connectivity index (χ3v) is 1.73. The third-order valence-electron chi connectivity index (χ3n) is 1.73. The maximum Gasteiger partial charge on any atom is 0.310 e. The second-order valence-corrected chi connectivity index (χ2v) is 2.68. The molecule has 1 rings (SSSR count). The second kappa shape index (κ2) is 4.01. The van der Waals surface area contributed by atoms with Gasteiger partial charge in [-0.3, -0.25) is 10.1 Å². The first-order chi connectivity index (χ1) is 6.56. The van der Waals surface area contributed by atoms with E-state index >= 15 is 0 Å². The molecule has 0 heterocycles. The van der Waals surface area contributed by atoms with Crippen LogP contribution in [-0.2, 0) is 0 Å². The van der Waals surface area contributed by atoms with Crippen molar-refractivity contribution in [2.45, 2.75) is 6.10 Å². The van der Waals surface area contributed by atoms with Crippen LogP contribution in [-0.4, -0.2) is 21.8 Å². The van der Waals surface area contributed by atoms with Crippen LogP contribution in [0.1, 0.15) is 11.7 Å². The molecule has 0 aromatic heterocycles. The molecule has 2 N–H and O–H groups in total. The number of halogens is 1. The number of nitro groups is 1. The molecular weight excluding hydrogens is 193 g/mol. The molecule has 0 amide bonds. The number of phenols is 1. The molecule has 0 aliphatic carbocycles. The summed E-state index contributed by atoms with van der Waals surface area (Å²) in [5.41, 5.74) is -0.365. The molecule has 1 unspecified atom stereocenters. The highest BCUT2D eigenvalue weighted by Crippen LogP contribution is 2.28. The van der Waals surface area contributed by atoms with E-state index in [4.69, 9.17) is 10.2 Å². The number of alkyl halides is 1. The van der Waals surface area contributed by atoms with E-state index in [-0.39, 0.29) is 5.56 Å². The summed E-state index contributed by atoms with van der Waals surface area (Å²) in [5, 5.41) is 28.4. The number of aliphatic hydroxyl groups is 1. The molecule has 76 valence electrons. The van der Waals surface area contributed by atoms with Gasteiger partial charge in [0.15, 0.2) is 5.75 Å². The number of nitrogens with zero attached hydrogens (tertiary/aromatic N) is 1. The lowest BCUT2D eigenvalue weighted by molar-refractivity contribution is -0.385. The van der Waals surface area contributed by atoms with Crippen LogP contribution in [0, 0.1) is 10.1 Å². The molecule has 0 bridgehead atoms. The Labute approximate surface area is 78.6 Å². The van der Waals surface area contributed by atoms with Gasteiger partial charge in [0, 0.05) is 6.07 Å². The standard InChI is InChI=1S/C8H8FNO4/c9-4-8(12)5-1-2-6(10(13)14)7(11)3-5/h1-3,8,11-12H,4H2. The molecule has 1 aromatic carbocycles.